The van der Waals surface area contributed by atoms with Crippen LogP contribution in [0.1, 0.15) is 5.69 Å². The van der Waals surface area contributed by atoms with E-state index in [2.05, 4.69) is 35.2 Å². The fourth-order valence-electron chi connectivity index (χ4n) is 4.18. The average molecular weight is 418 g/mol. The van der Waals surface area contributed by atoms with E-state index in [1.54, 1.807) is 28.6 Å². The summed E-state index contributed by atoms with van der Waals surface area (Å²) in [6, 6.07) is 25.3. The van der Waals surface area contributed by atoms with Gasteiger partial charge in [-0.1, -0.05) is 60.7 Å². The van der Waals surface area contributed by atoms with Crippen LogP contribution in [-0.4, -0.2) is 48.8 Å². The highest BCUT2D eigenvalue weighted by atomic mass is 32.2. The lowest BCUT2D eigenvalue weighted by molar-refractivity contribution is 0.180. The quantitative estimate of drug-likeness (QED) is 0.473. The second-order valence-electron chi connectivity index (χ2n) is 7.61. The first-order chi connectivity index (χ1) is 14.6. The van der Waals surface area contributed by atoms with Crippen LogP contribution >= 0.6 is 0 Å². The van der Waals surface area contributed by atoms with Crippen LogP contribution in [0.5, 0.6) is 0 Å². The van der Waals surface area contributed by atoms with Crippen LogP contribution < -0.4 is 0 Å². The third kappa shape index (κ3) is 3.47. The van der Waals surface area contributed by atoms with Gasteiger partial charge in [0.05, 0.1) is 16.1 Å². The summed E-state index contributed by atoms with van der Waals surface area (Å²) in [4.78, 5) is 7.59. The number of hydrogen-bond donors (Lipinski definition) is 0. The highest BCUT2D eigenvalue weighted by Gasteiger charge is 2.28. The van der Waals surface area contributed by atoms with E-state index in [-0.39, 0.29) is 0 Å². The second-order valence-corrected chi connectivity index (χ2v) is 9.55. The van der Waals surface area contributed by atoms with Crippen molar-refractivity contribution < 1.29 is 8.42 Å². The Labute approximate surface area is 176 Å². The van der Waals surface area contributed by atoms with Gasteiger partial charge in [0.2, 0.25) is 10.0 Å². The monoisotopic (exact) mass is 417 g/mol. The van der Waals surface area contributed by atoms with Crippen molar-refractivity contribution in [3.63, 3.8) is 0 Å². The Bertz CT molecular complexity index is 1300. The molecule has 1 aromatic heterocycles. The Morgan fingerprint density at radius 1 is 0.700 bits per heavy atom. The smallest absolute Gasteiger partial charge is 0.243 e. The Hall–Kier alpha value is -2.80. The van der Waals surface area contributed by atoms with Gasteiger partial charge in [0.1, 0.15) is 0 Å². The van der Waals surface area contributed by atoms with E-state index in [1.807, 2.05) is 24.3 Å². The van der Waals surface area contributed by atoms with Crippen LogP contribution in [0.15, 0.2) is 83.8 Å². The van der Waals surface area contributed by atoms with E-state index in [4.69, 9.17) is 4.98 Å². The molecule has 0 unspecified atom stereocenters. The molecule has 30 heavy (non-hydrogen) atoms. The lowest BCUT2D eigenvalue weighted by atomic mass is 10.0. The molecule has 0 spiro atoms. The van der Waals surface area contributed by atoms with Crippen LogP contribution in [0.4, 0.5) is 0 Å². The predicted molar refractivity (Wildman–Crippen MR) is 120 cm³/mol. The van der Waals surface area contributed by atoms with E-state index in [0.29, 0.717) is 37.6 Å². The maximum atomic E-state index is 12.9. The molecular weight excluding hydrogens is 394 g/mol. The number of fused-ring (bicyclic) bond motifs is 3. The van der Waals surface area contributed by atoms with Crippen molar-refractivity contribution in [1.82, 2.24) is 14.2 Å². The van der Waals surface area contributed by atoms with Crippen LogP contribution in [0, 0.1) is 0 Å². The fraction of sp³-hybridized carbons (Fsp3) is 0.208. The van der Waals surface area contributed by atoms with Gasteiger partial charge in [-0.15, -0.1) is 0 Å². The molecule has 1 saturated heterocycles. The molecule has 5 rings (SSSR count). The minimum absolute atomic E-state index is 0.362. The van der Waals surface area contributed by atoms with Crippen LogP contribution in [0.3, 0.4) is 0 Å². The summed E-state index contributed by atoms with van der Waals surface area (Å²) in [6.45, 7) is 3.07. The Balaban J connectivity index is 1.37. The number of rotatable bonds is 4. The molecule has 0 radical (unpaired) electrons. The van der Waals surface area contributed by atoms with Gasteiger partial charge in [-0.2, -0.15) is 4.31 Å². The summed E-state index contributed by atoms with van der Waals surface area (Å²) in [5, 5.41) is 3.54. The molecule has 0 atom stereocenters. The van der Waals surface area contributed by atoms with E-state index < -0.39 is 10.0 Å². The van der Waals surface area contributed by atoms with Gasteiger partial charge < -0.3 is 0 Å². The van der Waals surface area contributed by atoms with E-state index in [9.17, 15) is 8.42 Å². The predicted octanol–water partition coefficient (Wildman–Crippen LogP) is 3.89. The fourth-order valence-corrected chi connectivity index (χ4v) is 5.62. The van der Waals surface area contributed by atoms with Gasteiger partial charge in [0, 0.05) is 43.5 Å². The largest absolute Gasteiger partial charge is 0.295 e. The third-order valence-corrected chi connectivity index (χ3v) is 7.69. The minimum atomic E-state index is -3.43. The van der Waals surface area contributed by atoms with Crippen molar-refractivity contribution in [2.45, 2.75) is 11.4 Å². The minimum Gasteiger partial charge on any atom is -0.295 e. The Morgan fingerprint density at radius 2 is 1.30 bits per heavy atom. The summed E-state index contributed by atoms with van der Waals surface area (Å²) in [7, 11) is -3.43. The van der Waals surface area contributed by atoms with Gasteiger partial charge in [0.25, 0.3) is 0 Å². The van der Waals surface area contributed by atoms with Crippen molar-refractivity contribution in [2.75, 3.05) is 26.2 Å². The number of nitrogens with zero attached hydrogens (tertiary/aromatic N) is 3. The van der Waals surface area contributed by atoms with Crippen molar-refractivity contribution in [1.29, 1.82) is 0 Å². The van der Waals surface area contributed by atoms with Crippen molar-refractivity contribution in [3.8, 4) is 0 Å². The number of aromatic nitrogens is 1. The zero-order chi connectivity index (χ0) is 20.6. The molecule has 6 heteroatoms. The first-order valence-electron chi connectivity index (χ1n) is 10.2. The molecule has 0 N–H and O–H groups in total. The third-order valence-electron chi connectivity index (χ3n) is 5.77. The number of sulfonamides is 1. The number of hydrogen-bond acceptors (Lipinski definition) is 4. The van der Waals surface area contributed by atoms with E-state index in [0.717, 1.165) is 22.0 Å². The molecule has 1 aliphatic heterocycles. The zero-order valence-electron chi connectivity index (χ0n) is 16.6. The number of pyridine rings is 1. The molecule has 0 saturated carbocycles. The van der Waals surface area contributed by atoms with Crippen LogP contribution in [-0.2, 0) is 16.6 Å². The second kappa shape index (κ2) is 7.80. The molecule has 0 aliphatic carbocycles. The molecule has 5 nitrogen and oxygen atoms in total. The maximum absolute atomic E-state index is 12.9. The van der Waals surface area contributed by atoms with Crippen molar-refractivity contribution in [3.05, 3.63) is 84.6 Å². The average Bonchev–Trinajstić information content (AvgIpc) is 2.80. The maximum Gasteiger partial charge on any atom is 0.243 e. The number of piperazine rings is 1. The topological polar surface area (TPSA) is 53.5 Å². The summed E-state index contributed by atoms with van der Waals surface area (Å²) in [5.74, 6) is 0. The number of benzene rings is 3. The first-order valence-corrected chi connectivity index (χ1v) is 11.6. The number of para-hydroxylation sites is 1. The van der Waals surface area contributed by atoms with E-state index >= 15 is 0 Å². The molecular formula is C24H23N3O2S. The van der Waals surface area contributed by atoms with Crippen LogP contribution in [0.25, 0.3) is 21.7 Å². The summed E-state index contributed by atoms with van der Waals surface area (Å²) < 4.78 is 27.3. The van der Waals surface area contributed by atoms with Crippen molar-refractivity contribution in [2.24, 2.45) is 0 Å². The van der Waals surface area contributed by atoms with Crippen molar-refractivity contribution >= 4 is 31.7 Å². The molecule has 0 amide bonds. The van der Waals surface area contributed by atoms with Gasteiger partial charge in [-0.3, -0.25) is 9.88 Å². The van der Waals surface area contributed by atoms with Gasteiger partial charge in [-0.25, -0.2) is 8.42 Å². The highest BCUT2D eigenvalue weighted by molar-refractivity contribution is 7.89. The highest BCUT2D eigenvalue weighted by Crippen LogP contribution is 2.27. The van der Waals surface area contributed by atoms with Gasteiger partial charge in [0.15, 0.2) is 0 Å². The molecule has 4 aromatic rings. The van der Waals surface area contributed by atoms with E-state index in [1.165, 1.54) is 5.39 Å². The molecule has 0 bridgehead atoms. The lowest BCUT2D eigenvalue weighted by Crippen LogP contribution is -2.48. The summed E-state index contributed by atoms with van der Waals surface area (Å²) >= 11 is 0. The van der Waals surface area contributed by atoms with Gasteiger partial charge in [-0.05, 0) is 23.6 Å². The molecule has 3 aromatic carbocycles. The Kier molecular flexibility index (Phi) is 4.98. The Morgan fingerprint density at radius 3 is 2.03 bits per heavy atom. The molecule has 152 valence electrons. The van der Waals surface area contributed by atoms with Gasteiger partial charge >= 0.3 is 0 Å². The standard InChI is InChI=1S/C24H23N3O2S/c28-30(29,19-8-2-1-3-9-19)27-16-14-26(15-17-27)18-24-22-12-5-4-10-20(22)21-11-6-7-13-23(21)25-24/h1-13H,14-18H2. The summed E-state index contributed by atoms with van der Waals surface area (Å²) in [6.07, 6.45) is 0. The lowest BCUT2D eigenvalue weighted by Gasteiger charge is -2.34. The first kappa shape index (κ1) is 19.2. The normalized spacial score (nSPS) is 16.3. The van der Waals surface area contributed by atoms with Crippen LogP contribution in [0.2, 0.25) is 0 Å². The zero-order valence-corrected chi connectivity index (χ0v) is 17.4. The molecule has 1 aliphatic rings. The molecule has 1 fully saturated rings. The SMILES string of the molecule is O=S(=O)(c1ccccc1)N1CCN(Cc2nc3ccccc3c3ccccc23)CC1. The molecule has 2 heterocycles. The summed E-state index contributed by atoms with van der Waals surface area (Å²) in [5.41, 5.74) is 2.04.